The molecule has 0 N–H and O–H groups in total. The van der Waals surface area contributed by atoms with Crippen LogP contribution < -0.4 is 15.0 Å². The fourth-order valence-electron chi connectivity index (χ4n) is 3.62. The van der Waals surface area contributed by atoms with E-state index in [4.69, 9.17) is 9.47 Å². The van der Waals surface area contributed by atoms with E-state index < -0.39 is 53.4 Å². The number of nitrogens with zero attached hydrogens (tertiary/aromatic N) is 5. The topological polar surface area (TPSA) is 103 Å². The maximum atomic E-state index is 14.5. The predicted molar refractivity (Wildman–Crippen MR) is 121 cm³/mol. The van der Waals surface area contributed by atoms with Crippen molar-refractivity contribution in [2.45, 2.75) is 52.3 Å². The normalized spacial score (nSPS) is 12.0. The molecule has 0 saturated heterocycles. The Bertz CT molecular complexity index is 1470. The van der Waals surface area contributed by atoms with E-state index in [0.29, 0.717) is 34.9 Å². The van der Waals surface area contributed by atoms with Gasteiger partial charge in [0.15, 0.2) is 5.69 Å². The highest BCUT2D eigenvalue weighted by Crippen LogP contribution is 2.46. The summed E-state index contributed by atoms with van der Waals surface area (Å²) >= 11 is 0. The number of aryl methyl sites for hydroxylation is 2. The van der Waals surface area contributed by atoms with Crippen molar-refractivity contribution in [1.29, 1.82) is 5.26 Å². The van der Waals surface area contributed by atoms with Gasteiger partial charge >= 0.3 is 12.1 Å². The maximum Gasteiger partial charge on any atom is 0.459 e. The average molecular weight is 559 g/mol. The molecule has 2 aromatic heterocycles. The minimum atomic E-state index is -6.18. The van der Waals surface area contributed by atoms with Crippen LogP contribution in [0.3, 0.4) is 0 Å². The quantitative estimate of drug-likeness (QED) is 0.335. The van der Waals surface area contributed by atoms with Crippen molar-refractivity contribution < 1.29 is 40.2 Å². The summed E-state index contributed by atoms with van der Waals surface area (Å²) < 4.78 is 107. The zero-order chi connectivity index (χ0) is 29.3. The third kappa shape index (κ3) is 5.64. The van der Waals surface area contributed by atoms with E-state index in [-0.39, 0.29) is 22.6 Å². The minimum Gasteiger partial charge on any atom is -0.481 e. The van der Waals surface area contributed by atoms with E-state index >= 15 is 0 Å². The van der Waals surface area contributed by atoms with Crippen molar-refractivity contribution in [3.8, 4) is 23.4 Å². The molecule has 0 aliphatic heterocycles. The van der Waals surface area contributed by atoms with E-state index in [1.165, 1.54) is 14.0 Å². The maximum absolute atomic E-state index is 14.5. The fraction of sp³-hybridized carbons (Fsp3) is 0.375. The van der Waals surface area contributed by atoms with Crippen LogP contribution in [-0.2, 0) is 18.9 Å². The zero-order valence-electron chi connectivity index (χ0n) is 20.8. The number of halogens is 7. The van der Waals surface area contributed by atoms with Gasteiger partial charge in [0, 0.05) is 11.1 Å². The fourth-order valence-corrected chi connectivity index (χ4v) is 3.62. The molecule has 0 fully saturated rings. The summed E-state index contributed by atoms with van der Waals surface area (Å²) in [6.07, 6.45) is -8.55. The third-order valence-electron chi connectivity index (χ3n) is 5.64. The lowest BCUT2D eigenvalue weighted by Gasteiger charge is -2.22. The summed E-state index contributed by atoms with van der Waals surface area (Å²) in [5.41, 5.74) is -4.29. The summed E-state index contributed by atoms with van der Waals surface area (Å²) in [6.45, 7) is 4.01. The first-order valence-electron chi connectivity index (χ1n) is 11.1. The van der Waals surface area contributed by atoms with Gasteiger partial charge in [0.05, 0.1) is 42.9 Å². The molecule has 0 aliphatic rings. The van der Waals surface area contributed by atoms with Gasteiger partial charge in [-0.3, -0.25) is 9.36 Å². The molecule has 8 nitrogen and oxygen atoms in total. The van der Waals surface area contributed by atoms with Crippen LogP contribution in [0.15, 0.2) is 23.3 Å². The van der Waals surface area contributed by atoms with Gasteiger partial charge in [-0.2, -0.15) is 32.2 Å². The highest BCUT2D eigenvalue weighted by atomic mass is 19.4. The Morgan fingerprint density at radius 3 is 2.33 bits per heavy atom. The summed E-state index contributed by atoms with van der Waals surface area (Å²) in [6, 6.07) is 3.05. The molecule has 15 heteroatoms. The highest BCUT2D eigenvalue weighted by molar-refractivity contribution is 5.51. The standard InChI is InChI=1S/C24H20F7N5O3/c1-5-16-15(21(38-4)35-12(3)34-16)9-36-10-33-19(23(27,28)24(29,30)31)18(22(36)37)39-17-7-13(20(25)26)6-14(8-32)11(17)2/h6-7,10,20H,5,9H2,1-4H3. The second-order valence-electron chi connectivity index (χ2n) is 8.19. The van der Waals surface area contributed by atoms with Crippen molar-refractivity contribution in [3.63, 3.8) is 0 Å². The first kappa shape index (κ1) is 29.3. The number of ether oxygens (including phenoxy) is 2. The average Bonchev–Trinajstić information content (AvgIpc) is 2.86. The van der Waals surface area contributed by atoms with Crippen molar-refractivity contribution in [2.75, 3.05) is 7.11 Å². The van der Waals surface area contributed by atoms with Crippen LogP contribution >= 0.6 is 0 Å². The van der Waals surface area contributed by atoms with Gasteiger partial charge in [0.25, 0.3) is 12.0 Å². The molecule has 0 radical (unpaired) electrons. The molecule has 3 rings (SSSR count). The Morgan fingerprint density at radius 2 is 1.79 bits per heavy atom. The van der Waals surface area contributed by atoms with Crippen LogP contribution in [0, 0.1) is 25.2 Å². The summed E-state index contributed by atoms with van der Waals surface area (Å²) in [7, 11) is 1.28. The molecule has 0 bridgehead atoms. The summed E-state index contributed by atoms with van der Waals surface area (Å²) in [5.74, 6) is -7.58. The summed E-state index contributed by atoms with van der Waals surface area (Å²) in [4.78, 5) is 24.9. The van der Waals surface area contributed by atoms with Crippen molar-refractivity contribution in [2.24, 2.45) is 0 Å². The van der Waals surface area contributed by atoms with E-state index in [0.717, 1.165) is 6.07 Å². The Kier molecular flexibility index (Phi) is 8.18. The molecule has 208 valence electrons. The number of rotatable bonds is 8. The van der Waals surface area contributed by atoms with Crippen LogP contribution in [0.4, 0.5) is 30.7 Å². The lowest BCUT2D eigenvalue weighted by Crippen LogP contribution is -2.37. The smallest absolute Gasteiger partial charge is 0.459 e. The van der Waals surface area contributed by atoms with Gasteiger partial charge in [0.1, 0.15) is 11.6 Å². The molecule has 2 heterocycles. The van der Waals surface area contributed by atoms with Gasteiger partial charge in [-0.1, -0.05) is 6.92 Å². The van der Waals surface area contributed by atoms with Crippen molar-refractivity contribution in [1.82, 2.24) is 19.5 Å². The number of hydrogen-bond donors (Lipinski definition) is 0. The lowest BCUT2D eigenvalue weighted by atomic mass is 10.0. The monoisotopic (exact) mass is 559 g/mol. The Hall–Kier alpha value is -4.22. The number of alkyl halides is 7. The van der Waals surface area contributed by atoms with Gasteiger partial charge in [-0.05, 0) is 32.4 Å². The van der Waals surface area contributed by atoms with Gasteiger partial charge in [-0.25, -0.2) is 18.7 Å². The lowest BCUT2D eigenvalue weighted by molar-refractivity contribution is -0.291. The molecule has 0 saturated carbocycles. The van der Waals surface area contributed by atoms with Crippen LogP contribution in [0.1, 0.15) is 52.8 Å². The zero-order valence-corrected chi connectivity index (χ0v) is 20.8. The number of benzene rings is 1. The third-order valence-corrected chi connectivity index (χ3v) is 5.64. The Morgan fingerprint density at radius 1 is 1.13 bits per heavy atom. The molecular formula is C24H20F7N5O3. The molecular weight excluding hydrogens is 539 g/mol. The van der Waals surface area contributed by atoms with Crippen molar-refractivity contribution in [3.05, 3.63) is 68.3 Å². The second kappa shape index (κ2) is 10.9. The SMILES string of the molecule is CCc1nc(C)nc(OC)c1Cn1cnc(C(F)(F)C(F)(F)F)c(Oc2cc(C(F)F)cc(C#N)c2C)c1=O. The van der Waals surface area contributed by atoms with Crippen LogP contribution in [0.2, 0.25) is 0 Å². The summed E-state index contributed by atoms with van der Waals surface area (Å²) in [5, 5.41) is 9.27. The first-order chi connectivity index (χ1) is 18.2. The van der Waals surface area contributed by atoms with Gasteiger partial charge in [0.2, 0.25) is 11.6 Å². The number of methoxy groups -OCH3 is 1. The van der Waals surface area contributed by atoms with Crippen LogP contribution in [-0.4, -0.2) is 32.8 Å². The first-order valence-corrected chi connectivity index (χ1v) is 11.1. The Labute approximate surface area is 216 Å². The molecule has 39 heavy (non-hydrogen) atoms. The largest absolute Gasteiger partial charge is 0.481 e. The van der Waals surface area contributed by atoms with Crippen LogP contribution in [0.25, 0.3) is 0 Å². The van der Waals surface area contributed by atoms with Crippen molar-refractivity contribution >= 4 is 0 Å². The van der Waals surface area contributed by atoms with Gasteiger partial charge in [-0.15, -0.1) is 0 Å². The van der Waals surface area contributed by atoms with E-state index in [1.807, 2.05) is 0 Å². The molecule has 0 unspecified atom stereocenters. The molecule has 0 amide bonds. The van der Waals surface area contributed by atoms with Gasteiger partial charge < -0.3 is 9.47 Å². The Balaban J connectivity index is 2.29. The van der Waals surface area contributed by atoms with Crippen LogP contribution in [0.5, 0.6) is 17.4 Å². The molecule has 3 aromatic rings. The molecule has 1 aromatic carbocycles. The van der Waals surface area contributed by atoms with E-state index in [2.05, 4.69) is 15.0 Å². The second-order valence-corrected chi connectivity index (χ2v) is 8.19. The van der Waals surface area contributed by atoms with E-state index in [9.17, 15) is 40.8 Å². The minimum absolute atomic E-state index is 0.0255. The number of aromatic nitrogens is 4. The molecule has 0 aliphatic carbocycles. The number of nitriles is 1. The predicted octanol–water partition coefficient (Wildman–Crippen LogP) is 5.53. The van der Waals surface area contributed by atoms with E-state index in [1.54, 1.807) is 19.9 Å². The molecule has 0 spiro atoms. The molecule has 0 atom stereocenters. The highest BCUT2D eigenvalue weighted by Gasteiger charge is 2.62. The number of hydrogen-bond acceptors (Lipinski definition) is 7.